The number of carbonyl (C=O) groups is 1. The van der Waals surface area contributed by atoms with Crippen molar-refractivity contribution in [2.75, 3.05) is 32.1 Å². The molecule has 0 unspecified atom stereocenters. The Morgan fingerprint density at radius 2 is 1.84 bits per heavy atom. The van der Waals surface area contributed by atoms with E-state index in [2.05, 4.69) is 10.3 Å². The van der Waals surface area contributed by atoms with Crippen LogP contribution in [0.25, 0.3) is 10.9 Å². The number of nitrogens with zero attached hydrogens (tertiary/aromatic N) is 5. The van der Waals surface area contributed by atoms with Crippen LogP contribution < -0.4 is 10.5 Å². The number of hydrogen-bond donors (Lipinski definition) is 0. The van der Waals surface area contributed by atoms with Gasteiger partial charge in [0.1, 0.15) is 5.52 Å². The van der Waals surface area contributed by atoms with Crippen molar-refractivity contribution in [3.05, 3.63) is 58.4 Å². The molecule has 11 heteroatoms. The van der Waals surface area contributed by atoms with Crippen molar-refractivity contribution >= 4 is 32.6 Å². The minimum Gasteiger partial charge on any atom is -0.438 e. The molecule has 0 N–H and O–H groups in total. The lowest BCUT2D eigenvalue weighted by Gasteiger charge is -2.22. The van der Waals surface area contributed by atoms with Crippen molar-refractivity contribution in [2.45, 2.75) is 24.5 Å². The molecule has 168 valence electrons. The Labute approximate surface area is 185 Å². The lowest BCUT2D eigenvalue weighted by molar-refractivity contribution is 0.0336. The molecule has 0 radical (unpaired) electrons. The lowest BCUT2D eigenvalue weighted by Crippen LogP contribution is -2.28. The Balaban J connectivity index is 1.66. The van der Waals surface area contributed by atoms with Gasteiger partial charge in [-0.1, -0.05) is 17.3 Å². The molecule has 0 atom stereocenters. The van der Waals surface area contributed by atoms with Crippen molar-refractivity contribution in [3.8, 4) is 0 Å². The summed E-state index contributed by atoms with van der Waals surface area (Å²) < 4.78 is 32.6. The fourth-order valence-electron chi connectivity index (χ4n) is 3.59. The van der Waals surface area contributed by atoms with Crippen LogP contribution in [0.4, 0.5) is 5.69 Å². The zero-order valence-corrected chi connectivity index (χ0v) is 18.6. The second-order valence-corrected chi connectivity index (χ2v) is 9.78. The zero-order valence-electron chi connectivity index (χ0n) is 17.8. The highest BCUT2D eigenvalue weighted by Crippen LogP contribution is 2.28. The summed E-state index contributed by atoms with van der Waals surface area (Å²) in [6.45, 7) is 1.07. The zero-order chi connectivity index (χ0) is 22.9. The van der Waals surface area contributed by atoms with E-state index in [0.29, 0.717) is 16.6 Å². The van der Waals surface area contributed by atoms with E-state index in [-0.39, 0.29) is 10.5 Å². The van der Waals surface area contributed by atoms with Crippen molar-refractivity contribution in [2.24, 2.45) is 0 Å². The third-order valence-corrected chi connectivity index (χ3v) is 7.17. The van der Waals surface area contributed by atoms with Gasteiger partial charge in [0.05, 0.1) is 21.5 Å². The first-order chi connectivity index (χ1) is 15.3. The monoisotopic (exact) mass is 457 g/mol. The van der Waals surface area contributed by atoms with Crippen LogP contribution in [0.2, 0.25) is 0 Å². The summed E-state index contributed by atoms with van der Waals surface area (Å²) in [5, 5.41) is 8.14. The fourth-order valence-corrected chi connectivity index (χ4v) is 4.52. The van der Waals surface area contributed by atoms with E-state index in [4.69, 9.17) is 4.74 Å². The van der Waals surface area contributed by atoms with Gasteiger partial charge < -0.3 is 9.64 Å². The lowest BCUT2D eigenvalue weighted by atomic mass is 10.1. The molecule has 2 aromatic carbocycles. The third kappa shape index (κ3) is 4.08. The molecule has 4 rings (SSSR count). The molecule has 2 heterocycles. The number of aromatic nitrogens is 3. The van der Waals surface area contributed by atoms with Gasteiger partial charge in [0.15, 0.2) is 6.73 Å². The third-order valence-electron chi connectivity index (χ3n) is 5.36. The normalized spacial score (nSPS) is 14.3. The van der Waals surface area contributed by atoms with E-state index in [9.17, 15) is 18.0 Å². The first-order valence-corrected chi connectivity index (χ1v) is 11.5. The second kappa shape index (κ2) is 8.67. The molecule has 1 aliphatic heterocycles. The maximum atomic E-state index is 13.0. The molecule has 0 spiro atoms. The Morgan fingerprint density at radius 1 is 1.12 bits per heavy atom. The highest BCUT2D eigenvalue weighted by Gasteiger charge is 2.25. The van der Waals surface area contributed by atoms with Gasteiger partial charge in [0, 0.05) is 27.2 Å². The number of fused-ring (bicyclic) bond motifs is 1. The molecule has 1 aromatic heterocycles. The fraction of sp³-hybridized carbons (Fsp3) is 0.333. The number of sulfonamides is 1. The van der Waals surface area contributed by atoms with E-state index in [1.165, 1.54) is 26.2 Å². The van der Waals surface area contributed by atoms with E-state index >= 15 is 0 Å². The van der Waals surface area contributed by atoms with E-state index in [1.54, 1.807) is 30.3 Å². The molecule has 10 nitrogen and oxygen atoms in total. The average Bonchev–Trinajstić information content (AvgIpc) is 3.33. The van der Waals surface area contributed by atoms with Crippen LogP contribution in [0.1, 0.15) is 23.2 Å². The Hall–Kier alpha value is -3.31. The van der Waals surface area contributed by atoms with Crippen molar-refractivity contribution in [1.29, 1.82) is 0 Å². The average molecular weight is 458 g/mol. The molecule has 3 aromatic rings. The largest absolute Gasteiger partial charge is 0.438 e. The van der Waals surface area contributed by atoms with Crippen molar-refractivity contribution < 1.29 is 17.9 Å². The molecule has 0 aliphatic carbocycles. The van der Waals surface area contributed by atoms with Gasteiger partial charge in [-0.25, -0.2) is 17.5 Å². The van der Waals surface area contributed by atoms with E-state index in [0.717, 1.165) is 34.9 Å². The predicted molar refractivity (Wildman–Crippen MR) is 118 cm³/mol. The molecule has 0 bridgehead atoms. The predicted octanol–water partition coefficient (Wildman–Crippen LogP) is 1.46. The highest BCUT2D eigenvalue weighted by molar-refractivity contribution is 7.89. The number of hydrogen-bond acceptors (Lipinski definition) is 8. The Bertz CT molecular complexity index is 1330. The van der Waals surface area contributed by atoms with Crippen molar-refractivity contribution in [3.63, 3.8) is 0 Å². The Morgan fingerprint density at radius 3 is 2.56 bits per heavy atom. The van der Waals surface area contributed by atoms with E-state index < -0.39 is 28.3 Å². The molecular formula is C21H23N5O5S. The van der Waals surface area contributed by atoms with E-state index in [1.807, 2.05) is 4.90 Å². The summed E-state index contributed by atoms with van der Waals surface area (Å²) in [5.74, 6) is -0.746. The van der Waals surface area contributed by atoms with Gasteiger partial charge in [0.25, 0.3) is 5.56 Å². The number of carbonyl (C=O) groups excluding carboxylic acids is 1. The van der Waals surface area contributed by atoms with Crippen LogP contribution in [-0.2, 0) is 21.5 Å². The smallest absolute Gasteiger partial charge is 0.342 e. The minimum atomic E-state index is -3.74. The summed E-state index contributed by atoms with van der Waals surface area (Å²) in [5.41, 5.74) is 0.726. The summed E-state index contributed by atoms with van der Waals surface area (Å²) in [4.78, 5) is 27.6. The summed E-state index contributed by atoms with van der Waals surface area (Å²) in [6.07, 6.45) is 1.96. The molecule has 0 amide bonds. The van der Waals surface area contributed by atoms with Crippen LogP contribution in [-0.4, -0.2) is 60.9 Å². The van der Waals surface area contributed by atoms with Gasteiger partial charge in [0.2, 0.25) is 10.0 Å². The molecule has 1 fully saturated rings. The van der Waals surface area contributed by atoms with Crippen LogP contribution >= 0.6 is 0 Å². The summed E-state index contributed by atoms with van der Waals surface area (Å²) in [6, 6.07) is 11.2. The van der Waals surface area contributed by atoms with Gasteiger partial charge in [-0.05, 0) is 43.2 Å². The number of anilines is 1. The second-order valence-electron chi connectivity index (χ2n) is 7.63. The van der Waals surface area contributed by atoms with Gasteiger partial charge in [-0.15, -0.1) is 5.10 Å². The molecule has 1 aliphatic rings. The van der Waals surface area contributed by atoms with Crippen LogP contribution in [0, 0.1) is 0 Å². The van der Waals surface area contributed by atoms with Gasteiger partial charge in [-0.3, -0.25) is 4.79 Å². The quantitative estimate of drug-likeness (QED) is 0.511. The SMILES string of the molecule is CN(C)S(=O)(=O)c1ccc(N2CCCC2)c(C(=O)OCn2nnc3ccccc3c2=O)c1. The number of ether oxygens (including phenoxy) is 1. The Kier molecular flexibility index (Phi) is 5.94. The van der Waals surface area contributed by atoms with Crippen LogP contribution in [0.5, 0.6) is 0 Å². The van der Waals surface area contributed by atoms with Gasteiger partial charge >= 0.3 is 5.97 Å². The first kappa shape index (κ1) is 21.9. The number of esters is 1. The summed E-state index contributed by atoms with van der Waals surface area (Å²) >= 11 is 0. The van der Waals surface area contributed by atoms with Crippen LogP contribution in [0.15, 0.2) is 52.2 Å². The van der Waals surface area contributed by atoms with Crippen LogP contribution in [0.3, 0.4) is 0 Å². The summed E-state index contributed by atoms with van der Waals surface area (Å²) in [7, 11) is -0.896. The highest BCUT2D eigenvalue weighted by atomic mass is 32.2. The number of benzene rings is 2. The minimum absolute atomic E-state index is 0.0138. The van der Waals surface area contributed by atoms with Gasteiger partial charge in [-0.2, -0.15) is 4.68 Å². The first-order valence-electron chi connectivity index (χ1n) is 10.1. The maximum absolute atomic E-state index is 13.0. The topological polar surface area (TPSA) is 115 Å². The number of rotatable bonds is 6. The standard InChI is InChI=1S/C21H23N5O5S/c1-24(2)32(29,30)15-9-10-19(25-11-5-6-12-25)17(13-15)21(28)31-14-26-20(27)16-7-3-4-8-18(16)22-23-26/h3-4,7-10,13H,5-6,11-12,14H2,1-2H3. The molecule has 32 heavy (non-hydrogen) atoms. The molecule has 0 saturated carbocycles. The molecular weight excluding hydrogens is 434 g/mol. The maximum Gasteiger partial charge on any atom is 0.342 e. The molecule has 1 saturated heterocycles. The van der Waals surface area contributed by atoms with Crippen molar-refractivity contribution in [1.82, 2.24) is 19.3 Å².